The summed E-state index contributed by atoms with van der Waals surface area (Å²) < 4.78 is 46.3. The Labute approximate surface area is 478 Å². The lowest BCUT2D eigenvalue weighted by atomic mass is 10.1. The van der Waals surface area contributed by atoms with Crippen molar-refractivity contribution in [1.82, 2.24) is 31.9 Å². The standard InChI is InChI=1S/C11H17N3O7.C10H15N3O8.C6H10N2O5.2C6H9NO5.C2H2.CH5N.CH4/c1-2-8(15)12-3-9(16)13-6-4-19-11-7(21-14(17)18)5-20-10(6)11;14-2-8(16)11-1-7(15)12-5-3-19-10-6(21-13(17)18)4-20-9(5)10;7-3-1-11-6-4(13-8(9)10)2-12-5(3)6;2*1-4(8)12-3-5(9)7-2-6(10)11;2*1-2;/h6-7,10-11H,2-5H2,1H3,(H,12,15)(H,13,16);5-6,9-10,14H,1-4H2,(H,11,16)(H,12,15);3-6H,1-2,7H2;2*2-3H2,1H3,(H,7,9)(H,10,11);1-2H;2H2,1H3;1H4/t6-,7+,10+,11+;5-,6+,9+,10+;3-,4+,5+,6+;;;;;/m000...../s1/i;;;;;1D;;. The summed E-state index contributed by atoms with van der Waals surface area (Å²) in [5, 5.41) is 66.8. The number of carbonyl (C=O) groups is 10. The van der Waals surface area contributed by atoms with Gasteiger partial charge in [0.1, 0.15) is 57.7 Å². The Kier molecular flexibility index (Phi) is 38.1. The number of carbonyl (C=O) groups excluding carboxylic acids is 8. The van der Waals surface area contributed by atoms with Crippen molar-refractivity contribution in [3.63, 3.8) is 0 Å². The number of nitrogens with one attached hydrogen (secondary N) is 6. The first-order valence-electron chi connectivity index (χ1n) is 24.5. The van der Waals surface area contributed by atoms with Crippen LogP contribution < -0.4 is 43.4 Å². The molecule has 41 nitrogen and oxygen atoms in total. The van der Waals surface area contributed by atoms with Gasteiger partial charge in [0, 0.05) is 20.3 Å². The van der Waals surface area contributed by atoms with Gasteiger partial charge in [-0.1, -0.05) is 14.4 Å². The average Bonchev–Trinajstić information content (AvgIpc) is 3.54. The highest BCUT2D eigenvalue weighted by Gasteiger charge is 2.51. The average molecular weight is 1220 g/mol. The van der Waals surface area contributed by atoms with Gasteiger partial charge < -0.3 is 111 Å². The lowest BCUT2D eigenvalue weighted by Gasteiger charge is -2.17. The Bertz CT molecular complexity index is 2090. The second kappa shape index (κ2) is 42.3. The smallest absolute Gasteiger partial charge is 0.322 e. The molecular formula is C43H71N11O30. The first-order chi connectivity index (χ1) is 39.6. The maximum absolute atomic E-state index is 11.7. The lowest BCUT2D eigenvalue weighted by molar-refractivity contribution is -0.769. The molecule has 0 saturated carbocycles. The van der Waals surface area contributed by atoms with Crippen LogP contribution in [0.1, 0.15) is 36.0 Å². The predicted molar refractivity (Wildman–Crippen MR) is 271 cm³/mol. The molecule has 6 fully saturated rings. The number of amides is 6. The van der Waals surface area contributed by atoms with Gasteiger partial charge in [0.2, 0.25) is 23.6 Å². The largest absolute Gasteiger partial charge is 0.480 e. The fraction of sp³-hybridized carbons (Fsp3) is 0.721. The molecule has 6 aliphatic rings. The molecule has 6 amide bonds. The van der Waals surface area contributed by atoms with Gasteiger partial charge in [-0.2, -0.15) is 0 Å². The van der Waals surface area contributed by atoms with Crippen LogP contribution in [0.25, 0.3) is 0 Å². The number of carboxylic acid groups (broad SMARTS) is 2. The third-order valence-corrected chi connectivity index (χ3v) is 10.5. The second-order valence-electron chi connectivity index (χ2n) is 16.4. The number of ether oxygens (including phenoxy) is 8. The molecule has 41 heteroatoms. The van der Waals surface area contributed by atoms with Crippen LogP contribution in [0.5, 0.6) is 0 Å². The molecule has 478 valence electrons. The number of terminal acetylenes is 1. The van der Waals surface area contributed by atoms with Crippen LogP contribution in [-0.2, 0) is 100 Å². The van der Waals surface area contributed by atoms with Crippen LogP contribution >= 0.6 is 0 Å². The highest BCUT2D eigenvalue weighted by Crippen LogP contribution is 2.30. The fourth-order valence-electron chi connectivity index (χ4n) is 7.11. The van der Waals surface area contributed by atoms with E-state index in [-0.39, 0.29) is 83.6 Å². The summed E-state index contributed by atoms with van der Waals surface area (Å²) in [6.07, 6.45) is 0.964. The number of fused-ring (bicyclic) bond motifs is 3. The molecule has 6 aliphatic heterocycles. The number of rotatable bonds is 22. The minimum atomic E-state index is -1.15. The van der Waals surface area contributed by atoms with Crippen molar-refractivity contribution in [3.05, 3.63) is 30.3 Å². The van der Waals surface area contributed by atoms with Crippen molar-refractivity contribution >= 4 is 59.3 Å². The zero-order valence-electron chi connectivity index (χ0n) is 45.8. The van der Waals surface area contributed by atoms with Gasteiger partial charge in [-0.05, 0) is 7.05 Å². The van der Waals surface area contributed by atoms with Gasteiger partial charge >= 0.3 is 23.9 Å². The van der Waals surface area contributed by atoms with Gasteiger partial charge in [-0.3, -0.25) is 47.9 Å². The van der Waals surface area contributed by atoms with E-state index in [0.29, 0.717) is 13.0 Å². The van der Waals surface area contributed by atoms with Crippen molar-refractivity contribution in [2.45, 2.75) is 108 Å². The molecule has 0 radical (unpaired) electrons. The summed E-state index contributed by atoms with van der Waals surface area (Å²) in [4.78, 5) is 151. The van der Waals surface area contributed by atoms with E-state index in [2.05, 4.69) is 57.4 Å². The Balaban J connectivity index is 0. The lowest BCUT2D eigenvalue weighted by Crippen LogP contribution is -2.48. The van der Waals surface area contributed by atoms with Crippen LogP contribution in [0, 0.1) is 43.2 Å². The Morgan fingerprint density at radius 2 is 0.857 bits per heavy atom. The van der Waals surface area contributed by atoms with Crippen molar-refractivity contribution < 1.29 is 132 Å². The zero-order chi connectivity index (χ0) is 64.1. The number of esters is 2. The summed E-state index contributed by atoms with van der Waals surface area (Å²) in [6.45, 7) is 1.94. The van der Waals surface area contributed by atoms with Crippen molar-refractivity contribution in [3.8, 4) is 12.8 Å². The van der Waals surface area contributed by atoms with E-state index >= 15 is 0 Å². The van der Waals surface area contributed by atoms with Crippen LogP contribution in [-0.4, -0.2) is 256 Å². The number of aliphatic hydroxyl groups excluding tert-OH is 1. The van der Waals surface area contributed by atoms with E-state index in [1.807, 2.05) is 10.6 Å². The minimum absolute atomic E-state index is 0. The van der Waals surface area contributed by atoms with Gasteiger partial charge in [-0.15, -0.1) is 43.2 Å². The van der Waals surface area contributed by atoms with Gasteiger partial charge in [0.15, 0.2) is 31.5 Å². The molecule has 6 rings (SSSR count). The molecule has 12 atom stereocenters. The monoisotopic (exact) mass is 1220 g/mol. The molecule has 13 N–H and O–H groups in total. The number of hydrogen-bond acceptors (Lipinski definition) is 30. The van der Waals surface area contributed by atoms with Gasteiger partial charge in [-0.25, -0.2) is 0 Å². The Morgan fingerprint density at radius 3 is 1.18 bits per heavy atom. The highest BCUT2D eigenvalue weighted by molar-refractivity contribution is 5.86. The minimum Gasteiger partial charge on any atom is -0.480 e. The maximum atomic E-state index is 11.7. The molecule has 6 heterocycles. The summed E-state index contributed by atoms with van der Waals surface area (Å²) in [5.74, 6) is -6.45. The fourth-order valence-corrected chi connectivity index (χ4v) is 7.11. The first-order valence-corrected chi connectivity index (χ1v) is 24.0. The second-order valence-corrected chi connectivity index (χ2v) is 16.4. The van der Waals surface area contributed by atoms with Crippen molar-refractivity contribution in [2.24, 2.45) is 11.5 Å². The van der Waals surface area contributed by atoms with Crippen molar-refractivity contribution in [1.29, 1.82) is 0 Å². The third-order valence-electron chi connectivity index (χ3n) is 10.5. The summed E-state index contributed by atoms with van der Waals surface area (Å²) >= 11 is 0. The van der Waals surface area contributed by atoms with Crippen LogP contribution in [0.3, 0.4) is 0 Å². The van der Waals surface area contributed by atoms with E-state index < -0.39 is 150 Å². The number of aliphatic hydroxyl groups is 1. The molecule has 0 aromatic heterocycles. The molecule has 84 heavy (non-hydrogen) atoms. The van der Waals surface area contributed by atoms with E-state index in [9.17, 15) is 78.3 Å². The molecular weight excluding hydrogens is 1150 g/mol. The number of hydrogen-bond donors (Lipinski definition) is 11. The summed E-state index contributed by atoms with van der Waals surface area (Å²) in [6, 6.07) is -1.10. The Hall–Kier alpha value is -8.50. The molecule has 6 saturated heterocycles. The number of nitrogens with two attached hydrogens (primary N) is 2. The summed E-state index contributed by atoms with van der Waals surface area (Å²) in [7, 11) is 1.50. The Morgan fingerprint density at radius 1 is 0.548 bits per heavy atom. The molecule has 0 aromatic carbocycles. The molecule has 0 aliphatic carbocycles. The quantitative estimate of drug-likeness (QED) is 0.0208. The van der Waals surface area contributed by atoms with Crippen LogP contribution in [0.2, 0.25) is 0 Å². The SMILES string of the molecule is C.CC(=O)OCC(=O)NCC(=O)O.CC(=O)OCC(=O)NCC(=O)O.CCC(=O)NCC(=O)N[C@H]1CO[C@H]2[C@@H]1OC[C@H]2O[N+](=O)[O-].CN.N[C@H]1CO[C@H]2[C@@H]1OC[C@H]2O[N+](=O)[O-].O=C(CO)NCC(=O)N[C@H]1CO[C@H]2[C@@H]1OC[C@H]2O[N+](=O)[O-].[2H]C#C. The van der Waals surface area contributed by atoms with E-state index in [1.165, 1.54) is 13.4 Å². The van der Waals surface area contributed by atoms with E-state index in [0.717, 1.165) is 13.8 Å². The zero-order valence-corrected chi connectivity index (χ0v) is 44.8. The van der Waals surface area contributed by atoms with Crippen molar-refractivity contribution in [2.75, 3.05) is 92.7 Å². The number of aliphatic carboxylic acids is 2. The maximum Gasteiger partial charge on any atom is 0.322 e. The highest BCUT2D eigenvalue weighted by atomic mass is 17.0. The number of nitrogens with zero attached hydrogens (tertiary/aromatic N) is 3. The summed E-state index contributed by atoms with van der Waals surface area (Å²) in [5.41, 5.74) is 10.1. The molecule has 0 unspecified atom stereocenters. The van der Waals surface area contributed by atoms with E-state index in [1.54, 1.807) is 6.92 Å². The van der Waals surface area contributed by atoms with Crippen LogP contribution in [0.15, 0.2) is 0 Å². The normalized spacial score (nSPS) is 24.6. The van der Waals surface area contributed by atoms with E-state index in [4.69, 9.17) is 50.8 Å². The number of carboxylic acids is 2. The topological polar surface area (TPSA) is 587 Å². The van der Waals surface area contributed by atoms with Gasteiger partial charge in [0.25, 0.3) is 27.1 Å². The van der Waals surface area contributed by atoms with Crippen LogP contribution in [0.4, 0.5) is 0 Å². The molecule has 0 aromatic rings. The molecule has 0 bridgehead atoms. The third kappa shape index (κ3) is 31.1. The van der Waals surface area contributed by atoms with Gasteiger partial charge in [0.05, 0.1) is 70.9 Å². The predicted octanol–water partition coefficient (Wildman–Crippen LogP) is -8.02. The first kappa shape index (κ1) is 75.5. The molecule has 0 spiro atoms.